The number of sulfone groups is 1. The van der Waals surface area contributed by atoms with Crippen molar-refractivity contribution < 1.29 is 17.5 Å². The lowest BCUT2D eigenvalue weighted by atomic mass is 10.1. The van der Waals surface area contributed by atoms with Gasteiger partial charge < -0.3 is 9.72 Å². The zero-order valence-corrected chi connectivity index (χ0v) is 16.3. The number of aryl methyl sites for hydroxylation is 1. The quantitative estimate of drug-likeness (QED) is 0.662. The highest BCUT2D eigenvalue weighted by atomic mass is 35.5. The van der Waals surface area contributed by atoms with Gasteiger partial charge in [0.15, 0.2) is 14.9 Å². The number of benzene rings is 2. The number of aromatic nitrogens is 2. The molecular weight excluding hydrogens is 391 g/mol. The molecule has 0 fully saturated rings. The molecule has 27 heavy (non-hydrogen) atoms. The largest absolute Gasteiger partial charge is 0.361 e. The van der Waals surface area contributed by atoms with E-state index in [-0.39, 0.29) is 16.7 Å². The lowest BCUT2D eigenvalue weighted by molar-refractivity contribution is 0.0613. The summed E-state index contributed by atoms with van der Waals surface area (Å²) in [6.45, 7) is 1.88. The first-order chi connectivity index (χ1) is 12.8. The van der Waals surface area contributed by atoms with Crippen LogP contribution in [0.2, 0.25) is 5.02 Å². The molecule has 0 saturated carbocycles. The Kier molecular flexibility index (Phi) is 5.64. The van der Waals surface area contributed by atoms with Gasteiger partial charge in [0.2, 0.25) is 0 Å². The van der Waals surface area contributed by atoms with E-state index in [4.69, 9.17) is 16.3 Å². The van der Waals surface area contributed by atoms with Crippen molar-refractivity contribution in [1.29, 1.82) is 0 Å². The summed E-state index contributed by atoms with van der Waals surface area (Å²) >= 11 is 5.91. The summed E-state index contributed by atoms with van der Waals surface area (Å²) in [6, 6.07) is 13.7. The molecule has 3 aromatic rings. The number of nitrogens with zero attached hydrogens (tertiary/aromatic N) is 1. The molecule has 1 atom stereocenters. The van der Waals surface area contributed by atoms with E-state index in [0.717, 1.165) is 11.8 Å². The van der Waals surface area contributed by atoms with Crippen LogP contribution in [-0.2, 0) is 21.2 Å². The van der Waals surface area contributed by atoms with Gasteiger partial charge in [-0.3, -0.25) is 0 Å². The Morgan fingerprint density at radius 2 is 1.93 bits per heavy atom. The van der Waals surface area contributed by atoms with Crippen LogP contribution in [-0.4, -0.2) is 24.6 Å². The number of imidazole rings is 1. The van der Waals surface area contributed by atoms with Crippen molar-refractivity contribution >= 4 is 21.4 Å². The Morgan fingerprint density at radius 1 is 1.22 bits per heavy atom. The van der Waals surface area contributed by atoms with Crippen LogP contribution in [0.25, 0.3) is 0 Å². The van der Waals surface area contributed by atoms with Crippen LogP contribution < -0.4 is 0 Å². The molecule has 8 heteroatoms. The predicted molar refractivity (Wildman–Crippen MR) is 101 cm³/mol. The Hall–Kier alpha value is -2.22. The molecule has 0 amide bonds. The van der Waals surface area contributed by atoms with Gasteiger partial charge in [0.1, 0.15) is 17.7 Å². The maximum absolute atomic E-state index is 13.6. The van der Waals surface area contributed by atoms with E-state index in [1.54, 1.807) is 6.92 Å². The van der Waals surface area contributed by atoms with Gasteiger partial charge in [-0.15, -0.1) is 0 Å². The summed E-state index contributed by atoms with van der Waals surface area (Å²) in [6.07, 6.45) is 0.353. The molecule has 142 valence electrons. The highest BCUT2D eigenvalue weighted by Crippen LogP contribution is 2.30. The first-order valence-electron chi connectivity index (χ1n) is 8.12. The standard InChI is InChI=1S/C19H18ClFN2O3S/c1-12-19(27(2,24)25)23-18(22-12)17(14-8-9-16(21)15(20)10-14)26-11-13-6-4-3-5-7-13/h3-10,17H,11H2,1-2H3,(H,22,23). The van der Waals surface area contributed by atoms with Crippen LogP contribution in [0, 0.1) is 12.7 Å². The van der Waals surface area contributed by atoms with Crippen molar-refractivity contribution in [1.82, 2.24) is 9.97 Å². The van der Waals surface area contributed by atoms with Gasteiger partial charge in [0, 0.05) is 6.26 Å². The molecule has 0 saturated heterocycles. The van der Waals surface area contributed by atoms with Crippen LogP contribution in [0.5, 0.6) is 0 Å². The summed E-state index contributed by atoms with van der Waals surface area (Å²) in [5, 5.41) is -0.0913. The van der Waals surface area contributed by atoms with E-state index >= 15 is 0 Å². The number of nitrogens with one attached hydrogen (secondary N) is 1. The second-order valence-corrected chi connectivity index (χ2v) is 8.51. The van der Waals surface area contributed by atoms with E-state index in [1.807, 2.05) is 30.3 Å². The Bertz CT molecular complexity index is 1050. The summed E-state index contributed by atoms with van der Waals surface area (Å²) in [4.78, 5) is 7.18. The molecule has 0 spiro atoms. The van der Waals surface area contributed by atoms with Crippen molar-refractivity contribution in [3.63, 3.8) is 0 Å². The predicted octanol–water partition coefficient (Wildman–Crippen LogP) is 4.22. The first kappa shape index (κ1) is 19.5. The molecule has 5 nitrogen and oxygen atoms in total. The fourth-order valence-corrected chi connectivity index (χ4v) is 3.77. The average Bonchev–Trinajstić information content (AvgIpc) is 3.01. The molecule has 1 aromatic heterocycles. The lowest BCUT2D eigenvalue weighted by Gasteiger charge is -2.17. The highest BCUT2D eigenvalue weighted by Gasteiger charge is 2.24. The molecule has 2 aromatic carbocycles. The fraction of sp³-hybridized carbons (Fsp3) is 0.211. The van der Waals surface area contributed by atoms with E-state index in [9.17, 15) is 12.8 Å². The molecule has 0 radical (unpaired) electrons. The molecule has 1 unspecified atom stereocenters. The van der Waals surface area contributed by atoms with Crippen LogP contribution in [0.1, 0.15) is 28.7 Å². The number of ether oxygens (including phenoxy) is 1. The Balaban J connectivity index is 2.00. The van der Waals surface area contributed by atoms with Gasteiger partial charge in [0.05, 0.1) is 17.3 Å². The van der Waals surface area contributed by atoms with Gasteiger partial charge in [0.25, 0.3) is 0 Å². The smallest absolute Gasteiger partial charge is 0.194 e. The van der Waals surface area contributed by atoms with Crippen molar-refractivity contribution in [2.24, 2.45) is 0 Å². The number of hydrogen-bond acceptors (Lipinski definition) is 4. The molecule has 0 aliphatic rings. The zero-order valence-electron chi connectivity index (χ0n) is 14.7. The number of hydrogen-bond donors (Lipinski definition) is 1. The second kappa shape index (κ2) is 7.80. The maximum Gasteiger partial charge on any atom is 0.194 e. The molecule has 0 aliphatic carbocycles. The number of rotatable bonds is 6. The Labute approximate surface area is 162 Å². The second-order valence-electron chi connectivity index (χ2n) is 6.17. The normalized spacial score (nSPS) is 12.9. The minimum Gasteiger partial charge on any atom is -0.361 e. The number of H-pyrrole nitrogens is 1. The van der Waals surface area contributed by atoms with Crippen LogP contribution >= 0.6 is 11.6 Å². The van der Waals surface area contributed by atoms with Gasteiger partial charge >= 0.3 is 0 Å². The highest BCUT2D eigenvalue weighted by molar-refractivity contribution is 7.90. The van der Waals surface area contributed by atoms with Crippen LogP contribution in [0.3, 0.4) is 0 Å². The van der Waals surface area contributed by atoms with Crippen LogP contribution in [0.4, 0.5) is 4.39 Å². The summed E-state index contributed by atoms with van der Waals surface area (Å²) < 4.78 is 43.4. The van der Waals surface area contributed by atoms with Gasteiger partial charge in [-0.1, -0.05) is 48.0 Å². The number of halogens is 2. The van der Waals surface area contributed by atoms with E-state index < -0.39 is 21.8 Å². The van der Waals surface area contributed by atoms with Crippen molar-refractivity contribution in [2.75, 3.05) is 6.26 Å². The average molecular weight is 409 g/mol. The molecule has 0 aliphatic heterocycles. The molecule has 3 rings (SSSR count). The molecule has 0 bridgehead atoms. The van der Waals surface area contributed by atoms with E-state index in [2.05, 4.69) is 9.97 Å². The minimum atomic E-state index is -3.49. The van der Waals surface area contributed by atoms with Crippen molar-refractivity contribution in [2.45, 2.75) is 24.7 Å². The number of aromatic amines is 1. The molecule has 1 N–H and O–H groups in total. The van der Waals surface area contributed by atoms with Gasteiger partial charge in [-0.2, -0.15) is 0 Å². The molecular formula is C19H18ClFN2O3S. The summed E-state index contributed by atoms with van der Waals surface area (Å²) in [5.41, 5.74) is 1.91. The third-order valence-electron chi connectivity index (χ3n) is 3.96. The van der Waals surface area contributed by atoms with E-state index in [0.29, 0.717) is 17.1 Å². The lowest BCUT2D eigenvalue weighted by Crippen LogP contribution is -2.09. The minimum absolute atomic E-state index is 0.0426. The van der Waals surface area contributed by atoms with E-state index in [1.165, 1.54) is 18.2 Å². The van der Waals surface area contributed by atoms with Gasteiger partial charge in [-0.25, -0.2) is 17.8 Å². The maximum atomic E-state index is 13.6. The summed E-state index contributed by atoms with van der Waals surface area (Å²) in [5.74, 6) is -0.235. The third kappa shape index (κ3) is 4.55. The monoisotopic (exact) mass is 408 g/mol. The fourth-order valence-electron chi connectivity index (χ4n) is 2.71. The molecule has 1 heterocycles. The van der Waals surface area contributed by atoms with Crippen molar-refractivity contribution in [3.05, 3.63) is 82.0 Å². The first-order valence-corrected chi connectivity index (χ1v) is 10.4. The SMILES string of the molecule is Cc1[nH]c(C(OCc2ccccc2)c2ccc(F)c(Cl)c2)nc1S(C)(=O)=O. The third-order valence-corrected chi connectivity index (χ3v) is 5.35. The summed E-state index contributed by atoms with van der Waals surface area (Å²) in [7, 11) is -3.49. The van der Waals surface area contributed by atoms with Gasteiger partial charge in [-0.05, 0) is 30.2 Å². The van der Waals surface area contributed by atoms with Crippen LogP contribution in [0.15, 0.2) is 53.6 Å². The Morgan fingerprint density at radius 3 is 2.52 bits per heavy atom. The zero-order chi connectivity index (χ0) is 19.6. The topological polar surface area (TPSA) is 72.0 Å². The van der Waals surface area contributed by atoms with Crippen molar-refractivity contribution in [3.8, 4) is 0 Å².